The van der Waals surface area contributed by atoms with Crippen LogP contribution in [-0.2, 0) is 14.3 Å². The Labute approximate surface area is 78.4 Å². The van der Waals surface area contributed by atoms with Gasteiger partial charge in [-0.2, -0.15) is 0 Å². The van der Waals surface area contributed by atoms with E-state index in [1.807, 2.05) is 0 Å². The number of esters is 1. The summed E-state index contributed by atoms with van der Waals surface area (Å²) in [7, 11) is 0. The van der Waals surface area contributed by atoms with E-state index < -0.39 is 0 Å². The zero-order valence-corrected chi connectivity index (χ0v) is 8.04. The molecule has 0 fully saturated rings. The molecule has 2 N–H and O–H groups in total. The van der Waals surface area contributed by atoms with E-state index in [0.29, 0.717) is 13.0 Å². The van der Waals surface area contributed by atoms with Crippen LogP contribution in [0.3, 0.4) is 0 Å². The lowest BCUT2D eigenvalue weighted by atomic mass is 10.1. The molecule has 1 amide bonds. The largest absolute Gasteiger partial charge is 0.466 e. The van der Waals surface area contributed by atoms with Crippen LogP contribution in [0.5, 0.6) is 0 Å². The maximum absolute atomic E-state index is 10.3. The van der Waals surface area contributed by atoms with E-state index >= 15 is 0 Å². The minimum absolute atomic E-state index is 0.239. The molecule has 0 aliphatic carbocycles. The third kappa shape index (κ3) is 10.9. The lowest BCUT2D eigenvalue weighted by Crippen LogP contribution is -2.09. The van der Waals surface area contributed by atoms with E-state index in [1.54, 1.807) is 0 Å². The van der Waals surface area contributed by atoms with Crippen LogP contribution < -0.4 is 5.73 Å². The molecule has 0 atom stereocenters. The van der Waals surface area contributed by atoms with Gasteiger partial charge in [-0.15, -0.1) is 0 Å². The molecule has 0 saturated heterocycles. The highest BCUT2D eigenvalue weighted by atomic mass is 16.5. The normalized spacial score (nSPS) is 9.62. The lowest BCUT2D eigenvalue weighted by molar-refractivity contribution is -0.141. The van der Waals surface area contributed by atoms with Crippen molar-refractivity contribution in [2.45, 2.75) is 39.0 Å². The molecule has 0 rings (SSSR count). The Morgan fingerprint density at radius 1 is 1.15 bits per heavy atom. The Balaban J connectivity index is 3.00. The maximum atomic E-state index is 10.3. The second kappa shape index (κ2) is 7.58. The monoisotopic (exact) mass is 187 g/mol. The third-order valence-electron chi connectivity index (χ3n) is 1.62. The second-order valence-corrected chi connectivity index (χ2v) is 2.97. The molecule has 13 heavy (non-hydrogen) atoms. The number of ether oxygens (including phenoxy) is 1. The van der Waals surface area contributed by atoms with Gasteiger partial charge in [0.05, 0.1) is 6.61 Å². The number of unbranched alkanes of at least 4 members (excludes halogenated alkanes) is 3. The summed E-state index contributed by atoms with van der Waals surface area (Å²) < 4.78 is 4.74. The van der Waals surface area contributed by atoms with Crippen molar-refractivity contribution in [1.29, 1.82) is 0 Å². The molecule has 0 aliphatic heterocycles. The van der Waals surface area contributed by atoms with Crippen molar-refractivity contribution in [3.8, 4) is 0 Å². The van der Waals surface area contributed by atoms with Gasteiger partial charge in [-0.1, -0.05) is 12.8 Å². The smallest absolute Gasteiger partial charge is 0.302 e. The highest BCUT2D eigenvalue weighted by molar-refractivity contribution is 5.73. The fourth-order valence-electron chi connectivity index (χ4n) is 0.971. The van der Waals surface area contributed by atoms with Crippen LogP contribution in [0, 0.1) is 0 Å². The van der Waals surface area contributed by atoms with E-state index in [1.165, 1.54) is 6.92 Å². The van der Waals surface area contributed by atoms with E-state index in [0.717, 1.165) is 25.7 Å². The molecule has 0 spiro atoms. The van der Waals surface area contributed by atoms with Crippen molar-refractivity contribution in [1.82, 2.24) is 0 Å². The average Bonchev–Trinajstić information content (AvgIpc) is 2.01. The fourth-order valence-corrected chi connectivity index (χ4v) is 0.971. The van der Waals surface area contributed by atoms with Gasteiger partial charge < -0.3 is 10.5 Å². The molecular weight excluding hydrogens is 170 g/mol. The molecule has 0 unspecified atom stereocenters. The van der Waals surface area contributed by atoms with Crippen LogP contribution in [0.25, 0.3) is 0 Å². The molecule has 0 bridgehead atoms. The van der Waals surface area contributed by atoms with Gasteiger partial charge in [0.25, 0.3) is 0 Å². The zero-order chi connectivity index (χ0) is 10.1. The van der Waals surface area contributed by atoms with Gasteiger partial charge in [0.1, 0.15) is 0 Å². The number of nitrogens with two attached hydrogens (primary N) is 1. The van der Waals surface area contributed by atoms with Crippen molar-refractivity contribution in [3.63, 3.8) is 0 Å². The van der Waals surface area contributed by atoms with Crippen molar-refractivity contribution in [3.05, 3.63) is 0 Å². The molecule has 0 saturated carbocycles. The van der Waals surface area contributed by atoms with Crippen LogP contribution in [0.2, 0.25) is 0 Å². The average molecular weight is 187 g/mol. The molecule has 76 valence electrons. The number of carbonyl (C=O) groups excluding carboxylic acids is 2. The summed E-state index contributed by atoms with van der Waals surface area (Å²) in [5, 5.41) is 0. The summed E-state index contributed by atoms with van der Waals surface area (Å²) in [5.41, 5.74) is 4.96. The van der Waals surface area contributed by atoms with Crippen LogP contribution in [-0.4, -0.2) is 18.5 Å². The highest BCUT2D eigenvalue weighted by Gasteiger charge is 1.95. The summed E-state index contributed by atoms with van der Waals surface area (Å²) in [6.45, 7) is 1.87. The number of rotatable bonds is 7. The summed E-state index contributed by atoms with van der Waals surface area (Å²) in [6.07, 6.45) is 4.08. The molecule has 4 heteroatoms. The van der Waals surface area contributed by atoms with Gasteiger partial charge in [0.15, 0.2) is 0 Å². The van der Waals surface area contributed by atoms with Gasteiger partial charge in [-0.05, 0) is 12.8 Å². The van der Waals surface area contributed by atoms with E-state index in [2.05, 4.69) is 0 Å². The van der Waals surface area contributed by atoms with Gasteiger partial charge in [0, 0.05) is 13.3 Å². The van der Waals surface area contributed by atoms with Crippen LogP contribution >= 0.6 is 0 Å². The quantitative estimate of drug-likeness (QED) is 0.477. The summed E-state index contributed by atoms with van der Waals surface area (Å²) in [5.74, 6) is -0.489. The number of hydrogen-bond acceptors (Lipinski definition) is 3. The molecular formula is C9H17NO3. The maximum Gasteiger partial charge on any atom is 0.302 e. The first kappa shape index (κ1) is 11.9. The van der Waals surface area contributed by atoms with E-state index in [9.17, 15) is 9.59 Å². The van der Waals surface area contributed by atoms with Crippen LogP contribution in [0.15, 0.2) is 0 Å². The van der Waals surface area contributed by atoms with Gasteiger partial charge in [0.2, 0.25) is 5.91 Å². The SMILES string of the molecule is CC(=O)OCCCCCCC(N)=O. The Bertz CT molecular complexity index is 150. The first-order valence-electron chi connectivity index (χ1n) is 4.54. The zero-order valence-electron chi connectivity index (χ0n) is 8.04. The molecule has 0 heterocycles. The molecule has 0 radical (unpaired) electrons. The minimum atomic E-state index is -0.250. The molecule has 0 aliphatic rings. The lowest BCUT2D eigenvalue weighted by Gasteiger charge is -2.00. The summed E-state index contributed by atoms with van der Waals surface area (Å²) in [4.78, 5) is 20.7. The number of carbonyl (C=O) groups is 2. The predicted octanol–water partition coefficient (Wildman–Crippen LogP) is 0.985. The minimum Gasteiger partial charge on any atom is -0.466 e. The highest BCUT2D eigenvalue weighted by Crippen LogP contribution is 2.02. The van der Waals surface area contributed by atoms with E-state index in [-0.39, 0.29) is 11.9 Å². The Morgan fingerprint density at radius 3 is 2.31 bits per heavy atom. The number of primary amides is 1. The second-order valence-electron chi connectivity index (χ2n) is 2.97. The fraction of sp³-hybridized carbons (Fsp3) is 0.778. The summed E-state index contributed by atoms with van der Waals surface area (Å²) in [6, 6.07) is 0. The first-order chi connectivity index (χ1) is 6.13. The predicted molar refractivity (Wildman–Crippen MR) is 48.9 cm³/mol. The Hall–Kier alpha value is -1.06. The summed E-state index contributed by atoms with van der Waals surface area (Å²) >= 11 is 0. The van der Waals surface area contributed by atoms with Crippen molar-refractivity contribution >= 4 is 11.9 Å². The number of hydrogen-bond donors (Lipinski definition) is 1. The van der Waals surface area contributed by atoms with Gasteiger partial charge in [-0.3, -0.25) is 9.59 Å². The van der Waals surface area contributed by atoms with Crippen molar-refractivity contribution < 1.29 is 14.3 Å². The molecule has 4 nitrogen and oxygen atoms in total. The molecule has 0 aromatic heterocycles. The van der Waals surface area contributed by atoms with Gasteiger partial charge in [-0.25, -0.2) is 0 Å². The molecule has 0 aromatic carbocycles. The standard InChI is InChI=1S/C9H17NO3/c1-8(11)13-7-5-3-2-4-6-9(10)12/h2-7H2,1H3,(H2,10,12). The molecule has 0 aromatic rings. The van der Waals surface area contributed by atoms with E-state index in [4.69, 9.17) is 10.5 Å². The van der Waals surface area contributed by atoms with Crippen molar-refractivity contribution in [2.75, 3.05) is 6.61 Å². The Morgan fingerprint density at radius 2 is 1.77 bits per heavy atom. The van der Waals surface area contributed by atoms with Crippen molar-refractivity contribution in [2.24, 2.45) is 5.73 Å². The Kier molecular flexibility index (Phi) is 6.96. The van der Waals surface area contributed by atoms with Gasteiger partial charge >= 0.3 is 5.97 Å². The number of amides is 1. The van der Waals surface area contributed by atoms with Crippen LogP contribution in [0.4, 0.5) is 0 Å². The first-order valence-corrected chi connectivity index (χ1v) is 4.54. The van der Waals surface area contributed by atoms with Crippen LogP contribution in [0.1, 0.15) is 39.0 Å². The third-order valence-corrected chi connectivity index (χ3v) is 1.62. The topological polar surface area (TPSA) is 69.4 Å².